The Morgan fingerprint density at radius 2 is 1.74 bits per heavy atom. The zero-order valence-corrected chi connectivity index (χ0v) is 25.9. The molecule has 1 heterocycles. The molecule has 0 bridgehead atoms. The second-order valence-corrected chi connectivity index (χ2v) is 12.7. The molecule has 43 heavy (non-hydrogen) atoms. The molecular formula is C32H44N4O6S. The van der Waals surface area contributed by atoms with E-state index in [-0.39, 0.29) is 12.5 Å². The van der Waals surface area contributed by atoms with Gasteiger partial charge in [-0.3, -0.25) is 18.2 Å². The lowest BCUT2D eigenvalue weighted by Crippen LogP contribution is -2.48. The minimum Gasteiger partial charge on any atom is -0.493 e. The maximum absolute atomic E-state index is 13.7. The van der Waals surface area contributed by atoms with Crippen LogP contribution in [0, 0.1) is 0 Å². The van der Waals surface area contributed by atoms with Crippen LogP contribution < -0.4 is 29.7 Å². The summed E-state index contributed by atoms with van der Waals surface area (Å²) in [6.07, 6.45) is 1.12. The van der Waals surface area contributed by atoms with Gasteiger partial charge in [0.15, 0.2) is 11.5 Å². The molecule has 0 spiro atoms. The highest BCUT2D eigenvalue weighted by Crippen LogP contribution is 2.50. The Bertz CT molecular complexity index is 1340. The summed E-state index contributed by atoms with van der Waals surface area (Å²) in [6.45, 7) is 3.83. The second kappa shape index (κ2) is 15.3. The van der Waals surface area contributed by atoms with E-state index >= 15 is 0 Å². The van der Waals surface area contributed by atoms with Crippen molar-refractivity contribution in [3.63, 3.8) is 0 Å². The summed E-state index contributed by atoms with van der Waals surface area (Å²) >= 11 is 0. The molecule has 11 heteroatoms. The number of hydrogen-bond acceptors (Lipinski definition) is 9. The van der Waals surface area contributed by atoms with Crippen molar-refractivity contribution in [2.45, 2.75) is 44.9 Å². The number of nitrogens with one attached hydrogen (secondary N) is 3. The van der Waals surface area contributed by atoms with Crippen molar-refractivity contribution in [3.05, 3.63) is 83.4 Å². The largest absolute Gasteiger partial charge is 0.493 e. The number of hydrogen-bond donors (Lipinski definition) is 6. The second-order valence-electron chi connectivity index (χ2n) is 10.6. The molecule has 0 saturated carbocycles. The number of benzene rings is 3. The fourth-order valence-corrected chi connectivity index (χ4v) is 6.87. The van der Waals surface area contributed by atoms with Gasteiger partial charge in [0.05, 0.1) is 37.8 Å². The summed E-state index contributed by atoms with van der Waals surface area (Å²) in [7, 11) is 0.218. The maximum atomic E-state index is 13.7. The number of carbonyl (C=O) groups is 1. The van der Waals surface area contributed by atoms with Gasteiger partial charge in [-0.15, -0.1) is 10.8 Å². The number of carbonyl (C=O) groups excluding carboxylic acids is 1. The quantitative estimate of drug-likeness (QED) is 0.150. The number of aliphatic hydroxyl groups excluding tert-OH is 1. The van der Waals surface area contributed by atoms with E-state index < -0.39 is 22.9 Å². The van der Waals surface area contributed by atoms with Crippen LogP contribution >= 0.6 is 10.8 Å². The number of methoxy groups -OCH3 is 2. The Kier molecular flexibility index (Phi) is 11.5. The molecule has 6 N–H and O–H groups in total. The van der Waals surface area contributed by atoms with Crippen LogP contribution in [0.4, 0.5) is 11.4 Å². The smallest absolute Gasteiger partial charge is 0.251 e. The Labute approximate surface area is 255 Å². The molecule has 1 saturated heterocycles. The Balaban J connectivity index is 1.51. The van der Waals surface area contributed by atoms with Crippen LogP contribution in [0.2, 0.25) is 0 Å². The summed E-state index contributed by atoms with van der Waals surface area (Å²) in [5.74, 6) is 1.22. The van der Waals surface area contributed by atoms with E-state index in [4.69, 9.17) is 9.47 Å². The van der Waals surface area contributed by atoms with Gasteiger partial charge in [-0.1, -0.05) is 36.4 Å². The van der Waals surface area contributed by atoms with Crippen molar-refractivity contribution in [3.8, 4) is 11.5 Å². The van der Waals surface area contributed by atoms with E-state index in [1.807, 2.05) is 61.5 Å². The van der Waals surface area contributed by atoms with Crippen molar-refractivity contribution in [1.29, 1.82) is 0 Å². The molecule has 2 atom stereocenters. The third kappa shape index (κ3) is 8.77. The number of ether oxygens (including phenoxy) is 2. The lowest BCUT2D eigenvalue weighted by Gasteiger charge is -2.47. The number of nitrogens with zero attached hydrogens (tertiary/aromatic N) is 1. The molecule has 0 radical (unpaired) electrons. The molecule has 1 aliphatic heterocycles. The monoisotopic (exact) mass is 612 g/mol. The number of rotatable bonds is 14. The van der Waals surface area contributed by atoms with Crippen LogP contribution in [0.3, 0.4) is 0 Å². The van der Waals surface area contributed by atoms with Gasteiger partial charge in [-0.25, -0.2) is 0 Å². The van der Waals surface area contributed by atoms with Gasteiger partial charge in [-0.05, 0) is 67.6 Å². The van der Waals surface area contributed by atoms with E-state index in [9.17, 15) is 19.0 Å². The average molecular weight is 613 g/mol. The summed E-state index contributed by atoms with van der Waals surface area (Å²) in [4.78, 5) is 13.7. The third-order valence-corrected chi connectivity index (χ3v) is 9.38. The third-order valence-electron chi connectivity index (χ3n) is 7.44. The molecule has 2 unspecified atom stereocenters. The van der Waals surface area contributed by atoms with Crippen LogP contribution in [-0.2, 0) is 13.0 Å². The molecular weight excluding hydrogens is 568 g/mol. The molecule has 1 fully saturated rings. The topological polar surface area (TPSA) is 136 Å². The predicted molar refractivity (Wildman–Crippen MR) is 174 cm³/mol. The van der Waals surface area contributed by atoms with Crippen molar-refractivity contribution >= 4 is 28.1 Å². The molecule has 3 aromatic carbocycles. The van der Waals surface area contributed by atoms with Crippen molar-refractivity contribution < 1.29 is 28.5 Å². The molecule has 1 amide bonds. The van der Waals surface area contributed by atoms with Crippen LogP contribution in [-0.4, -0.2) is 71.9 Å². The molecule has 0 aliphatic carbocycles. The SMILES string of the molecule is CCNc1cc(C(=O)NC(Cc2ccccc2)C(O)CNCc2ccc(OC)c(OC)c2)cc(N2CCCCS2(O)O)c1. The first-order valence-electron chi connectivity index (χ1n) is 14.6. The number of anilines is 2. The number of aliphatic hydroxyl groups is 1. The predicted octanol–water partition coefficient (Wildman–Crippen LogP) is 4.89. The van der Waals surface area contributed by atoms with E-state index in [0.717, 1.165) is 24.0 Å². The fraction of sp³-hybridized carbons (Fsp3) is 0.406. The summed E-state index contributed by atoms with van der Waals surface area (Å²) < 4.78 is 33.8. The zero-order valence-electron chi connectivity index (χ0n) is 25.1. The van der Waals surface area contributed by atoms with Crippen LogP contribution in [0.1, 0.15) is 41.3 Å². The molecule has 3 aromatic rings. The highest BCUT2D eigenvalue weighted by atomic mass is 32.3. The van der Waals surface area contributed by atoms with Gasteiger partial charge in [-0.2, -0.15) is 0 Å². The Morgan fingerprint density at radius 3 is 2.44 bits per heavy atom. The van der Waals surface area contributed by atoms with Gasteiger partial charge in [0.1, 0.15) is 0 Å². The lowest BCUT2D eigenvalue weighted by atomic mass is 10.00. The lowest BCUT2D eigenvalue weighted by molar-refractivity contribution is 0.0830. The fourth-order valence-electron chi connectivity index (χ4n) is 5.20. The van der Waals surface area contributed by atoms with E-state index in [1.165, 1.54) is 0 Å². The van der Waals surface area contributed by atoms with Gasteiger partial charge < -0.3 is 30.5 Å². The van der Waals surface area contributed by atoms with E-state index in [1.54, 1.807) is 30.7 Å². The first kappa shape index (κ1) is 32.4. The standard InChI is InChI=1S/C32H44N4O6S/c1-4-34-26-18-25(19-27(20-26)36-14-8-9-15-43(36,39)40)32(38)35-28(16-23-10-6-5-7-11-23)29(37)22-33-21-24-12-13-30(41-2)31(17-24)42-3/h5-7,10-13,17-20,28-29,33-34,37,39-40H,4,8-9,14-16,21-22H2,1-3H3,(H,35,38). The Hall–Kier alpha value is -3.48. The highest BCUT2D eigenvalue weighted by molar-refractivity contribution is 8.25. The van der Waals surface area contributed by atoms with Gasteiger partial charge in [0.25, 0.3) is 5.91 Å². The molecule has 0 aromatic heterocycles. The van der Waals surface area contributed by atoms with E-state index in [2.05, 4.69) is 16.0 Å². The van der Waals surface area contributed by atoms with Crippen molar-refractivity contribution in [2.75, 3.05) is 49.2 Å². The maximum Gasteiger partial charge on any atom is 0.251 e. The van der Waals surface area contributed by atoms with Crippen molar-refractivity contribution in [1.82, 2.24) is 10.6 Å². The van der Waals surface area contributed by atoms with Crippen molar-refractivity contribution in [2.24, 2.45) is 0 Å². The molecule has 234 valence electrons. The van der Waals surface area contributed by atoms with Crippen LogP contribution in [0.15, 0.2) is 66.7 Å². The first-order chi connectivity index (χ1) is 20.7. The van der Waals surface area contributed by atoms with Gasteiger partial charge in [0.2, 0.25) is 0 Å². The van der Waals surface area contributed by atoms with Crippen LogP contribution in [0.25, 0.3) is 0 Å². The van der Waals surface area contributed by atoms with Gasteiger partial charge >= 0.3 is 0 Å². The summed E-state index contributed by atoms with van der Waals surface area (Å²) in [6, 6.07) is 20.1. The normalized spacial score (nSPS) is 16.6. The Morgan fingerprint density at radius 1 is 0.977 bits per heavy atom. The van der Waals surface area contributed by atoms with E-state index in [0.29, 0.717) is 60.2 Å². The summed E-state index contributed by atoms with van der Waals surface area (Å²) in [5, 5.41) is 20.9. The van der Waals surface area contributed by atoms with Gasteiger partial charge in [0, 0.05) is 37.4 Å². The zero-order chi connectivity index (χ0) is 30.8. The molecule has 1 aliphatic rings. The minimum absolute atomic E-state index is 0.240. The molecule has 4 rings (SSSR count). The average Bonchev–Trinajstić information content (AvgIpc) is 3.00. The number of amides is 1. The highest BCUT2D eigenvalue weighted by Gasteiger charge is 2.28. The molecule has 10 nitrogen and oxygen atoms in total. The summed E-state index contributed by atoms with van der Waals surface area (Å²) in [5.41, 5.74) is 3.61. The minimum atomic E-state index is -2.96. The van der Waals surface area contributed by atoms with Crippen LogP contribution in [0.5, 0.6) is 11.5 Å². The first-order valence-corrected chi connectivity index (χ1v) is 16.3.